The van der Waals surface area contributed by atoms with Crippen LogP contribution in [-0.4, -0.2) is 13.1 Å². The van der Waals surface area contributed by atoms with Crippen molar-refractivity contribution in [1.29, 1.82) is 0 Å². The number of ether oxygens (including phenoxy) is 1. The van der Waals surface area contributed by atoms with Gasteiger partial charge in [-0.3, -0.25) is 4.79 Å². The number of carbonyl (C=O) groups excluding carboxylic acids is 1. The summed E-state index contributed by atoms with van der Waals surface area (Å²) in [5.41, 5.74) is 0.147. The quantitative estimate of drug-likeness (QED) is 0.452. The molecule has 11 heavy (non-hydrogen) atoms. The normalized spacial score (nSPS) is 12.0. The maximum Gasteiger partial charge on any atom is 0.309 e. The second-order valence-corrected chi connectivity index (χ2v) is 3.55. The highest BCUT2D eigenvalue weighted by Crippen LogP contribution is 2.14. The molecule has 0 saturated heterocycles. The zero-order valence-electron chi connectivity index (χ0n) is 7.68. The van der Waals surface area contributed by atoms with Crippen LogP contribution in [0.3, 0.4) is 0 Å². The molecule has 0 aromatic heterocycles. The summed E-state index contributed by atoms with van der Waals surface area (Å²) in [6, 6.07) is 0. The highest BCUT2D eigenvalue weighted by atomic mass is 16.5. The summed E-state index contributed by atoms with van der Waals surface area (Å²) in [4.78, 5) is 10.6. The summed E-state index contributed by atoms with van der Waals surface area (Å²) in [5.74, 6) is -0.189. The Hall–Kier alpha value is -0.790. The van der Waals surface area contributed by atoms with E-state index in [2.05, 4.69) is 25.5 Å². The highest BCUT2D eigenvalue weighted by Gasteiger charge is 2.03. The van der Waals surface area contributed by atoms with Crippen molar-refractivity contribution >= 4 is 5.97 Å². The van der Waals surface area contributed by atoms with Gasteiger partial charge in [-0.2, -0.15) is 0 Å². The van der Waals surface area contributed by atoms with Gasteiger partial charge >= 0.3 is 5.97 Å². The average Bonchev–Trinajstić information content (AvgIpc) is 1.85. The Morgan fingerprint density at radius 1 is 1.45 bits per heavy atom. The molecule has 0 radical (unpaired) electrons. The third kappa shape index (κ3) is 7.10. The molecule has 0 spiro atoms. The molecule has 0 heterocycles. The zero-order chi connectivity index (χ0) is 8.91. The predicted molar refractivity (Wildman–Crippen MR) is 45.2 cm³/mol. The van der Waals surface area contributed by atoms with Gasteiger partial charge in [0, 0.05) is 0 Å². The molecule has 2 nitrogen and oxygen atoms in total. The number of hydrogen-bond acceptors (Lipinski definition) is 2. The van der Waals surface area contributed by atoms with Gasteiger partial charge < -0.3 is 4.74 Å². The topological polar surface area (TPSA) is 26.3 Å². The number of hydrogen-bond donors (Lipinski definition) is 0. The Balaban J connectivity index is 3.70. The lowest BCUT2D eigenvalue weighted by Gasteiger charge is -2.10. The molecule has 0 aromatic carbocycles. The van der Waals surface area contributed by atoms with Crippen molar-refractivity contribution in [2.75, 3.05) is 7.11 Å². The Morgan fingerprint density at radius 3 is 2.36 bits per heavy atom. The highest BCUT2D eigenvalue weighted by molar-refractivity contribution is 5.70. The molecule has 0 aliphatic heterocycles. The van der Waals surface area contributed by atoms with Crippen molar-refractivity contribution in [2.24, 2.45) is 5.41 Å². The van der Waals surface area contributed by atoms with E-state index in [4.69, 9.17) is 0 Å². The van der Waals surface area contributed by atoms with Crippen LogP contribution in [0.15, 0.2) is 12.2 Å². The van der Waals surface area contributed by atoms with Crippen LogP contribution in [0.2, 0.25) is 0 Å². The molecule has 0 amide bonds. The van der Waals surface area contributed by atoms with E-state index in [-0.39, 0.29) is 11.4 Å². The maximum atomic E-state index is 10.6. The lowest BCUT2D eigenvalue weighted by molar-refractivity contribution is -0.139. The number of rotatable bonds is 2. The summed E-state index contributed by atoms with van der Waals surface area (Å²) in [7, 11) is 1.40. The van der Waals surface area contributed by atoms with E-state index in [0.717, 1.165) is 0 Å². The predicted octanol–water partition coefficient (Wildman–Crippen LogP) is 2.15. The molecular formula is C9H16O2. The number of methoxy groups -OCH3 is 1. The van der Waals surface area contributed by atoms with Gasteiger partial charge in [0.1, 0.15) is 0 Å². The standard InChI is InChI=1S/C9H16O2/c1-9(2,3)7-5-6-8(10)11-4/h5,7H,6H2,1-4H3. The minimum Gasteiger partial charge on any atom is -0.469 e. The molecular weight excluding hydrogens is 140 g/mol. The first-order chi connectivity index (χ1) is 4.95. The Bertz CT molecular complexity index is 151. The van der Waals surface area contributed by atoms with Gasteiger partial charge in [-0.15, -0.1) is 0 Å². The molecule has 0 rings (SSSR count). The van der Waals surface area contributed by atoms with Gasteiger partial charge in [0.2, 0.25) is 0 Å². The van der Waals surface area contributed by atoms with E-state index in [1.807, 2.05) is 12.2 Å². The van der Waals surface area contributed by atoms with Gasteiger partial charge in [-0.05, 0) is 5.41 Å². The lowest BCUT2D eigenvalue weighted by atomic mass is 9.96. The Kier molecular flexibility index (Phi) is 3.86. The molecule has 0 saturated carbocycles. The minimum absolute atomic E-state index is 0.147. The van der Waals surface area contributed by atoms with Crippen molar-refractivity contribution in [2.45, 2.75) is 27.2 Å². The van der Waals surface area contributed by atoms with E-state index in [1.54, 1.807) is 0 Å². The summed E-state index contributed by atoms with van der Waals surface area (Å²) >= 11 is 0. The Morgan fingerprint density at radius 2 is 2.00 bits per heavy atom. The van der Waals surface area contributed by atoms with E-state index >= 15 is 0 Å². The average molecular weight is 156 g/mol. The molecule has 0 unspecified atom stereocenters. The van der Waals surface area contributed by atoms with Crippen LogP contribution in [0.5, 0.6) is 0 Å². The lowest BCUT2D eigenvalue weighted by Crippen LogP contribution is -2.01. The van der Waals surface area contributed by atoms with Gasteiger partial charge in [-0.25, -0.2) is 0 Å². The summed E-state index contributed by atoms with van der Waals surface area (Å²) in [6.07, 6.45) is 4.21. The van der Waals surface area contributed by atoms with E-state index < -0.39 is 0 Å². The number of allylic oxidation sites excluding steroid dienone is 1. The van der Waals surface area contributed by atoms with E-state index in [1.165, 1.54) is 7.11 Å². The first kappa shape index (κ1) is 10.2. The number of carbonyl (C=O) groups is 1. The van der Waals surface area contributed by atoms with Crippen molar-refractivity contribution in [3.05, 3.63) is 12.2 Å². The van der Waals surface area contributed by atoms with Gasteiger partial charge in [0.05, 0.1) is 13.5 Å². The minimum atomic E-state index is -0.189. The van der Waals surface area contributed by atoms with Crippen molar-refractivity contribution in [3.63, 3.8) is 0 Å². The molecule has 0 atom stereocenters. The number of esters is 1. The van der Waals surface area contributed by atoms with Crippen LogP contribution in [0, 0.1) is 5.41 Å². The Labute approximate surface area is 68.2 Å². The molecule has 2 heteroatoms. The largest absolute Gasteiger partial charge is 0.469 e. The molecule has 0 aliphatic rings. The third-order valence-corrected chi connectivity index (χ3v) is 1.13. The molecule has 0 aliphatic carbocycles. The fourth-order valence-electron chi connectivity index (χ4n) is 0.592. The maximum absolute atomic E-state index is 10.6. The summed E-state index contributed by atoms with van der Waals surface area (Å²) < 4.78 is 4.47. The second-order valence-electron chi connectivity index (χ2n) is 3.55. The SMILES string of the molecule is COC(=O)CC=CC(C)(C)C. The molecule has 0 N–H and O–H groups in total. The molecule has 0 bridgehead atoms. The smallest absolute Gasteiger partial charge is 0.309 e. The first-order valence-corrected chi connectivity index (χ1v) is 3.70. The van der Waals surface area contributed by atoms with Crippen molar-refractivity contribution in [3.8, 4) is 0 Å². The monoisotopic (exact) mass is 156 g/mol. The van der Waals surface area contributed by atoms with Crippen LogP contribution in [0.25, 0.3) is 0 Å². The van der Waals surface area contributed by atoms with E-state index in [0.29, 0.717) is 6.42 Å². The van der Waals surface area contributed by atoms with E-state index in [9.17, 15) is 4.79 Å². The van der Waals surface area contributed by atoms with Gasteiger partial charge in [0.25, 0.3) is 0 Å². The molecule has 64 valence electrons. The van der Waals surface area contributed by atoms with Crippen LogP contribution < -0.4 is 0 Å². The van der Waals surface area contributed by atoms with Crippen LogP contribution >= 0.6 is 0 Å². The third-order valence-electron chi connectivity index (χ3n) is 1.13. The fourth-order valence-corrected chi connectivity index (χ4v) is 0.592. The molecule has 0 aromatic rings. The summed E-state index contributed by atoms with van der Waals surface area (Å²) in [5, 5.41) is 0. The zero-order valence-corrected chi connectivity index (χ0v) is 7.68. The van der Waals surface area contributed by atoms with Crippen LogP contribution in [-0.2, 0) is 9.53 Å². The molecule has 0 fully saturated rings. The van der Waals surface area contributed by atoms with Gasteiger partial charge in [-0.1, -0.05) is 32.9 Å². The fraction of sp³-hybridized carbons (Fsp3) is 0.667. The van der Waals surface area contributed by atoms with Crippen molar-refractivity contribution < 1.29 is 9.53 Å². The summed E-state index contributed by atoms with van der Waals surface area (Å²) in [6.45, 7) is 6.25. The van der Waals surface area contributed by atoms with Crippen LogP contribution in [0.4, 0.5) is 0 Å². The van der Waals surface area contributed by atoms with Crippen molar-refractivity contribution in [1.82, 2.24) is 0 Å². The van der Waals surface area contributed by atoms with Crippen LogP contribution in [0.1, 0.15) is 27.2 Å². The second kappa shape index (κ2) is 4.16. The van der Waals surface area contributed by atoms with Gasteiger partial charge in [0.15, 0.2) is 0 Å². The first-order valence-electron chi connectivity index (χ1n) is 3.70.